The molecule has 0 bridgehead atoms. The first-order valence-corrected chi connectivity index (χ1v) is 9.04. The van der Waals surface area contributed by atoms with Crippen LogP contribution in [0.5, 0.6) is 0 Å². The van der Waals surface area contributed by atoms with Crippen molar-refractivity contribution in [3.05, 3.63) is 52.6 Å². The number of imidazole rings is 1. The summed E-state index contributed by atoms with van der Waals surface area (Å²) in [7, 11) is 0. The third kappa shape index (κ3) is 3.10. The second kappa shape index (κ2) is 6.92. The molecule has 0 saturated carbocycles. The van der Waals surface area contributed by atoms with Crippen molar-refractivity contribution >= 4 is 17.5 Å². The van der Waals surface area contributed by atoms with Crippen LogP contribution in [-0.2, 0) is 13.0 Å². The fraction of sp³-hybridized carbons (Fsp3) is 0.333. The maximum absolute atomic E-state index is 12.5. The Bertz CT molecular complexity index is 930. The largest absolute Gasteiger partial charge is 0.350 e. The maximum Gasteiger partial charge on any atom is 0.271 e. The minimum Gasteiger partial charge on any atom is -0.350 e. The van der Waals surface area contributed by atoms with E-state index >= 15 is 0 Å². The van der Waals surface area contributed by atoms with Gasteiger partial charge in [-0.2, -0.15) is 0 Å². The van der Waals surface area contributed by atoms with Crippen LogP contribution in [0.25, 0.3) is 11.6 Å². The molecular formula is C18H19ClN6O. The van der Waals surface area contributed by atoms with E-state index in [2.05, 4.69) is 32.4 Å². The van der Waals surface area contributed by atoms with Gasteiger partial charge in [0.2, 0.25) is 0 Å². The van der Waals surface area contributed by atoms with E-state index in [9.17, 15) is 4.79 Å². The molecule has 2 N–H and O–H groups in total. The monoisotopic (exact) mass is 370 g/mol. The normalized spacial score (nSPS) is 16.8. The van der Waals surface area contributed by atoms with E-state index in [4.69, 9.17) is 11.6 Å². The number of H-pyrrole nitrogens is 1. The average molecular weight is 371 g/mol. The van der Waals surface area contributed by atoms with Gasteiger partial charge in [0, 0.05) is 29.7 Å². The van der Waals surface area contributed by atoms with Gasteiger partial charge < -0.3 is 14.9 Å². The first kappa shape index (κ1) is 16.8. The molecule has 0 saturated heterocycles. The van der Waals surface area contributed by atoms with Crippen LogP contribution in [0, 0.1) is 0 Å². The molecule has 7 nitrogen and oxygen atoms in total. The number of carbonyl (C=O) groups excluding carboxylic acids is 1. The Hall–Kier alpha value is -2.67. The van der Waals surface area contributed by atoms with Crippen molar-refractivity contribution < 1.29 is 4.79 Å². The summed E-state index contributed by atoms with van der Waals surface area (Å²) in [6.45, 7) is 3.45. The predicted molar refractivity (Wildman–Crippen MR) is 98.1 cm³/mol. The number of benzene rings is 1. The molecular weight excluding hydrogens is 352 g/mol. The first-order valence-electron chi connectivity index (χ1n) is 8.66. The van der Waals surface area contributed by atoms with Crippen molar-refractivity contribution in [2.24, 2.45) is 0 Å². The van der Waals surface area contributed by atoms with Crippen LogP contribution in [0.1, 0.15) is 41.0 Å². The molecule has 134 valence electrons. The van der Waals surface area contributed by atoms with Crippen LogP contribution in [0.15, 0.2) is 30.6 Å². The molecule has 0 radical (unpaired) electrons. The van der Waals surface area contributed by atoms with Gasteiger partial charge in [0.25, 0.3) is 5.91 Å². The third-order valence-electron chi connectivity index (χ3n) is 4.59. The molecule has 8 heteroatoms. The highest BCUT2D eigenvalue weighted by molar-refractivity contribution is 6.30. The van der Waals surface area contributed by atoms with Gasteiger partial charge in [-0.15, -0.1) is 10.2 Å². The van der Waals surface area contributed by atoms with Crippen LogP contribution in [-0.4, -0.2) is 37.2 Å². The predicted octanol–water partition coefficient (Wildman–Crippen LogP) is 2.80. The number of rotatable bonds is 4. The standard InChI is InChI=1S/C18H19ClN6O/c1-2-7-25-10-21-24-17(25)16-22-14-8-12(9-20-18(26)15(14)23-16)11-3-5-13(19)6-4-11/h3-6,10,12H,2,7-9H2,1H3,(H,20,26)(H,22,23). The van der Waals surface area contributed by atoms with Crippen molar-refractivity contribution in [2.75, 3.05) is 6.54 Å². The molecule has 2 aromatic heterocycles. The van der Waals surface area contributed by atoms with Gasteiger partial charge >= 0.3 is 0 Å². The highest BCUT2D eigenvalue weighted by atomic mass is 35.5. The Morgan fingerprint density at radius 2 is 2.12 bits per heavy atom. The van der Waals surface area contributed by atoms with Crippen LogP contribution in [0.3, 0.4) is 0 Å². The lowest BCUT2D eigenvalue weighted by atomic mass is 9.94. The lowest BCUT2D eigenvalue weighted by molar-refractivity contribution is 0.0950. The summed E-state index contributed by atoms with van der Waals surface area (Å²) in [5.74, 6) is 1.21. The number of hydrogen-bond acceptors (Lipinski definition) is 4. The zero-order valence-corrected chi connectivity index (χ0v) is 15.1. The molecule has 1 aliphatic heterocycles. The second-order valence-electron chi connectivity index (χ2n) is 6.42. The molecule has 3 aromatic rings. The van der Waals surface area contributed by atoms with Crippen molar-refractivity contribution in [1.82, 2.24) is 30.0 Å². The summed E-state index contributed by atoms with van der Waals surface area (Å²) in [6, 6.07) is 7.74. The van der Waals surface area contributed by atoms with Crippen molar-refractivity contribution in [1.29, 1.82) is 0 Å². The highest BCUT2D eigenvalue weighted by Crippen LogP contribution is 2.27. The summed E-state index contributed by atoms with van der Waals surface area (Å²) < 4.78 is 1.94. The third-order valence-corrected chi connectivity index (χ3v) is 4.84. The molecule has 4 rings (SSSR count). The molecule has 1 aliphatic rings. The summed E-state index contributed by atoms with van der Waals surface area (Å²) >= 11 is 5.99. The average Bonchev–Trinajstić information content (AvgIpc) is 3.23. The lowest BCUT2D eigenvalue weighted by Gasteiger charge is -2.14. The SMILES string of the molecule is CCCn1cnnc1-c1nc2c([nH]1)CC(c1ccc(Cl)cc1)CNC2=O. The molecule has 1 amide bonds. The minimum absolute atomic E-state index is 0.152. The Morgan fingerprint density at radius 3 is 2.88 bits per heavy atom. The number of halogens is 1. The fourth-order valence-electron chi connectivity index (χ4n) is 3.28. The number of nitrogens with one attached hydrogen (secondary N) is 2. The molecule has 3 heterocycles. The number of hydrogen-bond donors (Lipinski definition) is 2. The van der Waals surface area contributed by atoms with E-state index in [1.54, 1.807) is 6.33 Å². The Morgan fingerprint density at radius 1 is 1.31 bits per heavy atom. The topological polar surface area (TPSA) is 88.5 Å². The summed E-state index contributed by atoms with van der Waals surface area (Å²) in [6.07, 6.45) is 3.33. The van der Waals surface area contributed by atoms with Gasteiger partial charge in [0.15, 0.2) is 11.6 Å². The van der Waals surface area contributed by atoms with Crippen molar-refractivity contribution in [2.45, 2.75) is 32.2 Å². The van der Waals surface area contributed by atoms with E-state index in [0.29, 0.717) is 35.3 Å². The number of aryl methyl sites for hydroxylation is 1. The summed E-state index contributed by atoms with van der Waals surface area (Å²) in [4.78, 5) is 20.3. The van der Waals surface area contributed by atoms with E-state index < -0.39 is 0 Å². The Labute approximate surface area is 155 Å². The second-order valence-corrected chi connectivity index (χ2v) is 6.86. The molecule has 26 heavy (non-hydrogen) atoms. The van der Waals surface area contributed by atoms with Crippen LogP contribution in [0.2, 0.25) is 5.02 Å². The highest BCUT2D eigenvalue weighted by Gasteiger charge is 2.27. The smallest absolute Gasteiger partial charge is 0.271 e. The van der Waals surface area contributed by atoms with E-state index in [1.807, 2.05) is 28.8 Å². The van der Waals surface area contributed by atoms with E-state index in [-0.39, 0.29) is 11.8 Å². The molecule has 1 aromatic carbocycles. The van der Waals surface area contributed by atoms with Crippen LogP contribution >= 0.6 is 11.6 Å². The number of nitrogens with zero attached hydrogens (tertiary/aromatic N) is 4. The van der Waals surface area contributed by atoms with Gasteiger partial charge in [-0.05, 0) is 30.5 Å². The summed E-state index contributed by atoms with van der Waals surface area (Å²) in [5.41, 5.74) is 2.39. The number of aromatic nitrogens is 5. The molecule has 1 atom stereocenters. The quantitative estimate of drug-likeness (QED) is 0.739. The number of amides is 1. The maximum atomic E-state index is 12.5. The van der Waals surface area contributed by atoms with Crippen molar-refractivity contribution in [3.8, 4) is 11.6 Å². The fourth-order valence-corrected chi connectivity index (χ4v) is 3.41. The lowest BCUT2D eigenvalue weighted by Crippen LogP contribution is -2.26. The minimum atomic E-state index is -0.166. The zero-order chi connectivity index (χ0) is 18.1. The van der Waals surface area contributed by atoms with Gasteiger partial charge in [-0.1, -0.05) is 30.7 Å². The molecule has 0 spiro atoms. The van der Waals surface area contributed by atoms with Gasteiger partial charge in [0.05, 0.1) is 0 Å². The van der Waals surface area contributed by atoms with Gasteiger partial charge in [-0.3, -0.25) is 4.79 Å². The van der Waals surface area contributed by atoms with Gasteiger partial charge in [0.1, 0.15) is 12.0 Å². The first-order chi connectivity index (χ1) is 12.7. The summed E-state index contributed by atoms with van der Waals surface area (Å²) in [5, 5.41) is 11.8. The number of aromatic amines is 1. The van der Waals surface area contributed by atoms with Crippen LogP contribution < -0.4 is 5.32 Å². The zero-order valence-electron chi connectivity index (χ0n) is 14.4. The number of fused-ring (bicyclic) bond motifs is 1. The molecule has 1 unspecified atom stereocenters. The van der Waals surface area contributed by atoms with Crippen LogP contribution in [0.4, 0.5) is 0 Å². The number of carbonyl (C=O) groups is 1. The van der Waals surface area contributed by atoms with Gasteiger partial charge in [-0.25, -0.2) is 4.98 Å². The Balaban J connectivity index is 1.68. The molecule has 0 fully saturated rings. The molecule has 0 aliphatic carbocycles. The van der Waals surface area contributed by atoms with Crippen molar-refractivity contribution in [3.63, 3.8) is 0 Å². The Kier molecular flexibility index (Phi) is 4.46. The van der Waals surface area contributed by atoms with E-state index in [0.717, 1.165) is 24.2 Å². The van der Waals surface area contributed by atoms with E-state index in [1.165, 1.54) is 0 Å².